The molecular weight excluding hydrogens is 305 g/mol. The van der Waals surface area contributed by atoms with Crippen LogP contribution in [0.2, 0.25) is 0 Å². The predicted octanol–water partition coefficient (Wildman–Crippen LogP) is 1.89. The minimum absolute atomic E-state index is 0.108. The summed E-state index contributed by atoms with van der Waals surface area (Å²) in [5, 5.41) is 15.3. The third kappa shape index (κ3) is 3.65. The van der Waals surface area contributed by atoms with Gasteiger partial charge in [0.05, 0.1) is 16.9 Å². The molecule has 0 unspecified atom stereocenters. The first kappa shape index (κ1) is 16.5. The zero-order valence-corrected chi connectivity index (χ0v) is 12.9. The van der Waals surface area contributed by atoms with Crippen LogP contribution >= 0.6 is 0 Å². The van der Waals surface area contributed by atoms with E-state index in [0.717, 1.165) is 11.8 Å². The molecule has 0 atom stereocenters. The molecule has 7 nitrogen and oxygen atoms in total. The molecule has 0 saturated carbocycles. The lowest BCUT2D eigenvalue weighted by atomic mass is 10.2. The molecule has 2 aromatic rings. The summed E-state index contributed by atoms with van der Waals surface area (Å²) >= 11 is 0. The van der Waals surface area contributed by atoms with Crippen molar-refractivity contribution in [2.24, 2.45) is 7.05 Å². The Kier molecular flexibility index (Phi) is 4.63. The van der Waals surface area contributed by atoms with Crippen LogP contribution in [0.15, 0.2) is 18.2 Å². The number of hydrogen-bond acceptors (Lipinski definition) is 4. The maximum atomic E-state index is 13.7. The number of nitrogens with zero attached hydrogens (tertiary/aromatic N) is 2. The van der Waals surface area contributed by atoms with Gasteiger partial charge in [0.2, 0.25) is 0 Å². The highest BCUT2D eigenvalue weighted by Gasteiger charge is 2.14. The van der Waals surface area contributed by atoms with E-state index in [-0.39, 0.29) is 17.9 Å². The fraction of sp³-hybridized carbons (Fsp3) is 0.267. The van der Waals surface area contributed by atoms with Gasteiger partial charge in [-0.05, 0) is 32.0 Å². The molecule has 0 spiro atoms. The molecule has 0 fully saturated rings. The number of aryl methyl sites for hydroxylation is 2. The number of nitrogens with one attached hydrogen (secondary N) is 1. The predicted molar refractivity (Wildman–Crippen MR) is 80.2 cm³/mol. The van der Waals surface area contributed by atoms with Crippen LogP contribution in [0.4, 0.5) is 10.1 Å². The Morgan fingerprint density at radius 2 is 2.09 bits per heavy atom. The standard InChI is InChI=1S/C15H16FN3O4/c1-8-14(9(2)19(3)18-8)23-7-13(20)17-12-5-4-10(15(21)22)6-11(12)16/h4-6H,7H2,1-3H3,(H,17,20)(H,21,22). The Hall–Kier alpha value is -2.90. The topological polar surface area (TPSA) is 93.5 Å². The molecule has 0 radical (unpaired) electrons. The number of aromatic carboxylic acids is 1. The van der Waals surface area contributed by atoms with Gasteiger partial charge >= 0.3 is 5.97 Å². The van der Waals surface area contributed by atoms with Crippen LogP contribution in [0.1, 0.15) is 21.7 Å². The first-order chi connectivity index (χ1) is 10.8. The van der Waals surface area contributed by atoms with E-state index in [2.05, 4.69) is 10.4 Å². The summed E-state index contributed by atoms with van der Waals surface area (Å²) in [6.07, 6.45) is 0. The van der Waals surface area contributed by atoms with E-state index in [1.54, 1.807) is 25.6 Å². The Labute approximate surface area is 131 Å². The average Bonchev–Trinajstić information content (AvgIpc) is 2.72. The van der Waals surface area contributed by atoms with Crippen molar-refractivity contribution in [2.45, 2.75) is 13.8 Å². The first-order valence-corrected chi connectivity index (χ1v) is 6.75. The third-order valence-corrected chi connectivity index (χ3v) is 3.28. The molecule has 0 aliphatic heterocycles. The minimum Gasteiger partial charge on any atom is -0.480 e. The second-order valence-electron chi connectivity index (χ2n) is 4.96. The van der Waals surface area contributed by atoms with Gasteiger partial charge in [-0.3, -0.25) is 9.48 Å². The lowest BCUT2D eigenvalue weighted by Crippen LogP contribution is -2.21. The molecule has 1 amide bonds. The van der Waals surface area contributed by atoms with E-state index in [1.165, 1.54) is 12.1 Å². The van der Waals surface area contributed by atoms with Crippen molar-refractivity contribution in [2.75, 3.05) is 11.9 Å². The molecule has 1 aromatic carbocycles. The first-order valence-electron chi connectivity index (χ1n) is 6.75. The zero-order chi connectivity index (χ0) is 17.1. The average molecular weight is 321 g/mol. The van der Waals surface area contributed by atoms with Gasteiger partial charge < -0.3 is 15.2 Å². The van der Waals surface area contributed by atoms with Gasteiger partial charge in [-0.2, -0.15) is 5.10 Å². The molecule has 0 aliphatic carbocycles. The normalized spacial score (nSPS) is 10.4. The molecule has 0 aliphatic rings. The van der Waals surface area contributed by atoms with Crippen LogP contribution in [0, 0.1) is 19.7 Å². The number of aromatic nitrogens is 2. The summed E-state index contributed by atoms with van der Waals surface area (Å²) in [7, 11) is 1.76. The Morgan fingerprint density at radius 3 is 2.61 bits per heavy atom. The third-order valence-electron chi connectivity index (χ3n) is 3.28. The molecule has 2 N–H and O–H groups in total. The number of rotatable bonds is 5. The van der Waals surface area contributed by atoms with Crippen LogP contribution in [0.3, 0.4) is 0 Å². The van der Waals surface area contributed by atoms with E-state index in [0.29, 0.717) is 11.4 Å². The monoisotopic (exact) mass is 321 g/mol. The van der Waals surface area contributed by atoms with Gasteiger partial charge in [-0.25, -0.2) is 9.18 Å². The van der Waals surface area contributed by atoms with Crippen molar-refractivity contribution in [3.05, 3.63) is 41.0 Å². The quantitative estimate of drug-likeness (QED) is 0.877. The summed E-state index contributed by atoms with van der Waals surface area (Å²) < 4.78 is 20.8. The molecular formula is C15H16FN3O4. The van der Waals surface area contributed by atoms with Crippen molar-refractivity contribution in [1.82, 2.24) is 9.78 Å². The number of carbonyl (C=O) groups excluding carboxylic acids is 1. The lowest BCUT2D eigenvalue weighted by molar-refractivity contribution is -0.118. The fourth-order valence-corrected chi connectivity index (χ4v) is 2.04. The number of carboxylic acid groups (broad SMARTS) is 1. The number of hydrogen-bond donors (Lipinski definition) is 2. The molecule has 0 bridgehead atoms. The molecule has 2 rings (SSSR count). The number of halogens is 1. The van der Waals surface area contributed by atoms with Crippen molar-refractivity contribution >= 4 is 17.6 Å². The van der Waals surface area contributed by atoms with E-state index < -0.39 is 17.7 Å². The molecule has 1 heterocycles. The Balaban J connectivity index is 2.01. The van der Waals surface area contributed by atoms with Gasteiger partial charge in [-0.15, -0.1) is 0 Å². The highest BCUT2D eigenvalue weighted by molar-refractivity contribution is 5.93. The SMILES string of the molecule is Cc1nn(C)c(C)c1OCC(=O)Nc1ccc(C(=O)O)cc1F. The van der Waals surface area contributed by atoms with Gasteiger partial charge in [0.25, 0.3) is 5.91 Å². The van der Waals surface area contributed by atoms with Crippen LogP contribution in [0.25, 0.3) is 0 Å². The maximum absolute atomic E-state index is 13.7. The van der Waals surface area contributed by atoms with Crippen LogP contribution in [-0.4, -0.2) is 33.4 Å². The van der Waals surface area contributed by atoms with E-state index >= 15 is 0 Å². The molecule has 1 aromatic heterocycles. The van der Waals surface area contributed by atoms with Crippen molar-refractivity contribution < 1.29 is 23.8 Å². The summed E-state index contributed by atoms with van der Waals surface area (Å²) in [4.78, 5) is 22.6. The largest absolute Gasteiger partial charge is 0.480 e. The summed E-state index contributed by atoms with van der Waals surface area (Å²) in [6, 6.07) is 3.24. The second kappa shape index (κ2) is 6.47. The summed E-state index contributed by atoms with van der Waals surface area (Å²) in [5.74, 6) is -2.13. The van der Waals surface area contributed by atoms with E-state index in [9.17, 15) is 14.0 Å². The van der Waals surface area contributed by atoms with E-state index in [4.69, 9.17) is 9.84 Å². The van der Waals surface area contributed by atoms with Gasteiger partial charge in [-0.1, -0.05) is 0 Å². The van der Waals surface area contributed by atoms with Crippen LogP contribution in [-0.2, 0) is 11.8 Å². The van der Waals surface area contributed by atoms with Crippen LogP contribution in [0.5, 0.6) is 5.75 Å². The van der Waals surface area contributed by atoms with Gasteiger partial charge in [0.15, 0.2) is 12.4 Å². The molecule has 23 heavy (non-hydrogen) atoms. The molecule has 8 heteroatoms. The van der Waals surface area contributed by atoms with Crippen LogP contribution < -0.4 is 10.1 Å². The Bertz CT molecular complexity index is 770. The fourth-order valence-electron chi connectivity index (χ4n) is 2.04. The number of benzene rings is 1. The lowest BCUT2D eigenvalue weighted by Gasteiger charge is -2.09. The number of anilines is 1. The molecule has 122 valence electrons. The highest BCUT2D eigenvalue weighted by atomic mass is 19.1. The number of carbonyl (C=O) groups is 2. The number of amides is 1. The minimum atomic E-state index is -1.24. The van der Waals surface area contributed by atoms with Crippen molar-refractivity contribution in [3.8, 4) is 5.75 Å². The Morgan fingerprint density at radius 1 is 1.39 bits per heavy atom. The van der Waals surface area contributed by atoms with E-state index in [1.807, 2.05) is 0 Å². The maximum Gasteiger partial charge on any atom is 0.335 e. The smallest absolute Gasteiger partial charge is 0.335 e. The summed E-state index contributed by atoms with van der Waals surface area (Å²) in [6.45, 7) is 3.25. The highest BCUT2D eigenvalue weighted by Crippen LogP contribution is 2.21. The number of carboxylic acids is 1. The molecule has 0 saturated heterocycles. The van der Waals surface area contributed by atoms with Crippen molar-refractivity contribution in [1.29, 1.82) is 0 Å². The van der Waals surface area contributed by atoms with Crippen molar-refractivity contribution in [3.63, 3.8) is 0 Å². The second-order valence-corrected chi connectivity index (χ2v) is 4.96. The van der Waals surface area contributed by atoms with Gasteiger partial charge in [0, 0.05) is 7.05 Å². The summed E-state index contributed by atoms with van der Waals surface area (Å²) in [5.41, 5.74) is 1.11. The number of ether oxygens (including phenoxy) is 1. The van der Waals surface area contributed by atoms with Gasteiger partial charge in [0.1, 0.15) is 11.5 Å². The zero-order valence-electron chi connectivity index (χ0n) is 12.9.